The molecule has 1 saturated heterocycles. The first-order valence-corrected chi connectivity index (χ1v) is 6.61. The fourth-order valence-electron chi connectivity index (χ4n) is 1.92. The number of nitrogens with zero attached hydrogens (tertiary/aromatic N) is 2. The number of hydrogen-bond donors (Lipinski definition) is 2. The molecule has 0 bridgehead atoms. The summed E-state index contributed by atoms with van der Waals surface area (Å²) in [6, 6.07) is 7.19. The quantitative estimate of drug-likeness (QED) is 0.451. The first-order valence-electron chi connectivity index (χ1n) is 6.23. The molecule has 1 unspecified atom stereocenters. The molecule has 20 heavy (non-hydrogen) atoms. The summed E-state index contributed by atoms with van der Waals surface area (Å²) >= 11 is 6.02. The van der Waals surface area contributed by atoms with Crippen molar-refractivity contribution >= 4 is 41.5 Å². The van der Waals surface area contributed by atoms with Gasteiger partial charge in [0, 0.05) is 23.7 Å². The standard InChI is InChI=1S/C13H18ClN3O2.HI/c14-11-4-2-1-3-10(11)12(18)9-16-13(15)17-5-7-19-8-6-17;/h1-4,12,18H,5-9H2,(H2,15,16);1H. The highest BCUT2D eigenvalue weighted by Gasteiger charge is 2.14. The zero-order valence-electron chi connectivity index (χ0n) is 11.0. The number of aliphatic hydroxyl groups excluding tert-OH is 1. The fourth-order valence-corrected chi connectivity index (χ4v) is 2.18. The van der Waals surface area contributed by atoms with Crippen LogP contribution in [0.4, 0.5) is 0 Å². The number of aliphatic imine (C=N–C) groups is 1. The van der Waals surface area contributed by atoms with Crippen molar-refractivity contribution in [3.05, 3.63) is 34.9 Å². The maximum absolute atomic E-state index is 10.1. The molecule has 5 nitrogen and oxygen atoms in total. The van der Waals surface area contributed by atoms with Gasteiger partial charge in [0.1, 0.15) is 6.10 Å². The molecule has 112 valence electrons. The SMILES string of the molecule is I.NC(=NCC(O)c1ccccc1Cl)N1CCOCC1. The minimum atomic E-state index is -0.742. The highest BCUT2D eigenvalue weighted by atomic mass is 127. The van der Waals surface area contributed by atoms with Crippen LogP contribution in [0.2, 0.25) is 5.02 Å². The normalized spacial score (nSPS) is 17.5. The Morgan fingerprint density at radius 3 is 2.70 bits per heavy atom. The van der Waals surface area contributed by atoms with Crippen molar-refractivity contribution < 1.29 is 9.84 Å². The molecule has 1 heterocycles. The molecule has 1 aliphatic heterocycles. The van der Waals surface area contributed by atoms with Crippen LogP contribution in [0.1, 0.15) is 11.7 Å². The Kier molecular flexibility index (Phi) is 7.57. The summed E-state index contributed by atoms with van der Waals surface area (Å²) in [7, 11) is 0. The molecule has 7 heteroatoms. The Morgan fingerprint density at radius 2 is 2.05 bits per heavy atom. The van der Waals surface area contributed by atoms with Crippen molar-refractivity contribution in [2.24, 2.45) is 10.7 Å². The van der Waals surface area contributed by atoms with Crippen LogP contribution in [0.5, 0.6) is 0 Å². The van der Waals surface area contributed by atoms with Crippen LogP contribution in [0.15, 0.2) is 29.3 Å². The number of hydrogen-bond acceptors (Lipinski definition) is 3. The average Bonchev–Trinajstić information content (AvgIpc) is 2.46. The molecular weight excluding hydrogens is 393 g/mol. The molecule has 0 saturated carbocycles. The van der Waals surface area contributed by atoms with Crippen molar-refractivity contribution in [3.63, 3.8) is 0 Å². The molecule has 3 N–H and O–H groups in total. The van der Waals surface area contributed by atoms with E-state index in [0.717, 1.165) is 13.1 Å². The largest absolute Gasteiger partial charge is 0.386 e. The first kappa shape index (κ1) is 17.5. The molecule has 0 aliphatic carbocycles. The van der Waals surface area contributed by atoms with Crippen LogP contribution in [0.25, 0.3) is 0 Å². The van der Waals surface area contributed by atoms with E-state index in [1.165, 1.54) is 0 Å². The Hall–Kier alpha value is -0.570. The lowest BCUT2D eigenvalue weighted by Gasteiger charge is -2.27. The molecule has 1 aliphatic rings. The molecule has 2 rings (SSSR count). The predicted molar refractivity (Wildman–Crippen MR) is 90.7 cm³/mol. The summed E-state index contributed by atoms with van der Waals surface area (Å²) in [5.74, 6) is 0.439. The van der Waals surface area contributed by atoms with Gasteiger partial charge in [0.25, 0.3) is 0 Å². The number of nitrogens with two attached hydrogens (primary N) is 1. The van der Waals surface area contributed by atoms with Crippen molar-refractivity contribution in [1.82, 2.24) is 4.90 Å². The maximum atomic E-state index is 10.1. The summed E-state index contributed by atoms with van der Waals surface area (Å²) in [4.78, 5) is 6.17. The Bertz CT molecular complexity index is 453. The second-order valence-electron chi connectivity index (χ2n) is 4.34. The second-order valence-corrected chi connectivity index (χ2v) is 4.74. The van der Waals surface area contributed by atoms with Gasteiger partial charge in [-0.2, -0.15) is 0 Å². The third kappa shape index (κ3) is 4.76. The molecule has 1 fully saturated rings. The van der Waals surface area contributed by atoms with E-state index in [0.29, 0.717) is 29.8 Å². The number of halogens is 2. The summed E-state index contributed by atoms with van der Waals surface area (Å²) < 4.78 is 5.24. The maximum Gasteiger partial charge on any atom is 0.191 e. The van der Waals surface area contributed by atoms with Crippen molar-refractivity contribution in [1.29, 1.82) is 0 Å². The predicted octanol–water partition coefficient (Wildman–Crippen LogP) is 1.64. The lowest BCUT2D eigenvalue weighted by Crippen LogP contribution is -2.45. The van der Waals surface area contributed by atoms with Gasteiger partial charge in [0.2, 0.25) is 0 Å². The van der Waals surface area contributed by atoms with E-state index >= 15 is 0 Å². The van der Waals surface area contributed by atoms with Gasteiger partial charge in [0.15, 0.2) is 5.96 Å². The zero-order valence-corrected chi connectivity index (χ0v) is 14.1. The van der Waals surface area contributed by atoms with Crippen molar-refractivity contribution in [2.45, 2.75) is 6.10 Å². The first-order chi connectivity index (χ1) is 9.18. The number of rotatable bonds is 3. The number of benzene rings is 1. The molecule has 0 amide bonds. The van der Waals surface area contributed by atoms with E-state index in [1.54, 1.807) is 12.1 Å². The van der Waals surface area contributed by atoms with Crippen LogP contribution < -0.4 is 5.73 Å². The highest BCUT2D eigenvalue weighted by molar-refractivity contribution is 14.0. The Morgan fingerprint density at radius 1 is 1.40 bits per heavy atom. The second kappa shape index (κ2) is 8.66. The monoisotopic (exact) mass is 411 g/mol. The molecule has 1 aromatic carbocycles. The van der Waals surface area contributed by atoms with Gasteiger partial charge in [-0.25, -0.2) is 0 Å². The summed E-state index contributed by atoms with van der Waals surface area (Å²) in [6.45, 7) is 2.98. The highest BCUT2D eigenvalue weighted by Crippen LogP contribution is 2.22. The Balaban J connectivity index is 0.00000200. The van der Waals surface area contributed by atoms with Gasteiger partial charge in [-0.1, -0.05) is 29.8 Å². The van der Waals surface area contributed by atoms with Gasteiger partial charge >= 0.3 is 0 Å². The van der Waals surface area contributed by atoms with Crippen LogP contribution in [-0.2, 0) is 4.74 Å². The molecule has 1 atom stereocenters. The topological polar surface area (TPSA) is 71.1 Å². The number of guanidine groups is 1. The lowest BCUT2D eigenvalue weighted by atomic mass is 10.1. The van der Waals surface area contributed by atoms with Gasteiger partial charge < -0.3 is 20.5 Å². The van der Waals surface area contributed by atoms with Gasteiger partial charge in [-0.05, 0) is 6.07 Å². The molecular formula is C13H19ClIN3O2. The van der Waals surface area contributed by atoms with Crippen LogP contribution in [0.3, 0.4) is 0 Å². The lowest BCUT2D eigenvalue weighted by molar-refractivity contribution is 0.0672. The van der Waals surface area contributed by atoms with Crippen LogP contribution in [-0.4, -0.2) is 48.8 Å². The number of ether oxygens (including phenoxy) is 1. The number of aliphatic hydroxyl groups is 1. The zero-order chi connectivity index (χ0) is 13.7. The van der Waals surface area contributed by atoms with E-state index in [9.17, 15) is 5.11 Å². The van der Waals surface area contributed by atoms with Crippen LogP contribution >= 0.6 is 35.6 Å². The fraction of sp³-hybridized carbons (Fsp3) is 0.462. The van der Waals surface area contributed by atoms with E-state index in [4.69, 9.17) is 22.1 Å². The smallest absolute Gasteiger partial charge is 0.191 e. The average molecular weight is 412 g/mol. The number of morpholine rings is 1. The summed E-state index contributed by atoms with van der Waals surface area (Å²) in [5.41, 5.74) is 6.56. The van der Waals surface area contributed by atoms with Gasteiger partial charge in [-0.15, -0.1) is 24.0 Å². The Labute approximate surface area is 140 Å². The third-order valence-corrected chi connectivity index (χ3v) is 3.37. The molecule has 0 radical (unpaired) electrons. The van der Waals surface area contributed by atoms with Crippen LogP contribution in [0, 0.1) is 0 Å². The minimum absolute atomic E-state index is 0. The molecule has 0 aromatic heterocycles. The molecule has 0 spiro atoms. The van der Waals surface area contributed by atoms with Crippen molar-refractivity contribution in [2.75, 3.05) is 32.8 Å². The minimum Gasteiger partial charge on any atom is -0.386 e. The molecule has 1 aromatic rings. The third-order valence-electron chi connectivity index (χ3n) is 3.03. The summed E-state index contributed by atoms with van der Waals surface area (Å²) in [5, 5.41) is 10.6. The van der Waals surface area contributed by atoms with E-state index in [-0.39, 0.29) is 30.5 Å². The van der Waals surface area contributed by atoms with Gasteiger partial charge in [-0.3, -0.25) is 4.99 Å². The van der Waals surface area contributed by atoms with E-state index in [1.807, 2.05) is 17.0 Å². The van der Waals surface area contributed by atoms with E-state index < -0.39 is 6.10 Å². The van der Waals surface area contributed by atoms with Crippen molar-refractivity contribution in [3.8, 4) is 0 Å². The summed E-state index contributed by atoms with van der Waals surface area (Å²) in [6.07, 6.45) is -0.742. The van der Waals surface area contributed by atoms with E-state index in [2.05, 4.69) is 4.99 Å². The van der Waals surface area contributed by atoms with Gasteiger partial charge in [0.05, 0.1) is 19.8 Å².